The summed E-state index contributed by atoms with van der Waals surface area (Å²) in [6.07, 6.45) is 2.91. The fourth-order valence-corrected chi connectivity index (χ4v) is 5.33. The fraction of sp³-hybridized carbons (Fsp3) is 0.393. The Balaban J connectivity index is 1.16. The van der Waals surface area contributed by atoms with Crippen molar-refractivity contribution in [3.8, 4) is 5.75 Å². The Morgan fingerprint density at radius 1 is 1.07 bits per heavy atom. The molecule has 2 N–H and O–H groups in total. The van der Waals surface area contributed by atoms with Gasteiger partial charge in [-0.1, -0.05) is 0 Å². The van der Waals surface area contributed by atoms with Gasteiger partial charge in [-0.2, -0.15) is 0 Å². The number of hydrogen-bond donors (Lipinski definition) is 2. The first-order valence-corrected chi connectivity index (χ1v) is 13.1. The number of pyridine rings is 1. The largest absolute Gasteiger partial charge is 0.488 e. The number of amides is 1. The molecule has 3 heterocycles. The molecule has 210 valence electrons. The minimum atomic E-state index is -1.35. The maximum absolute atomic E-state index is 15.2. The number of nitrogens with zero attached hydrogens (tertiary/aromatic N) is 3. The number of anilines is 2. The molecule has 0 atom stereocenters. The molecule has 40 heavy (non-hydrogen) atoms. The van der Waals surface area contributed by atoms with Crippen LogP contribution in [0, 0.1) is 11.6 Å². The van der Waals surface area contributed by atoms with Crippen LogP contribution in [0.5, 0.6) is 5.75 Å². The van der Waals surface area contributed by atoms with Crippen molar-refractivity contribution in [2.75, 3.05) is 42.6 Å². The van der Waals surface area contributed by atoms with Gasteiger partial charge in [0.05, 0.1) is 23.4 Å². The minimum Gasteiger partial charge on any atom is -0.488 e. The summed E-state index contributed by atoms with van der Waals surface area (Å²) in [5, 5.41) is 20.6. The maximum atomic E-state index is 15.2. The Labute approximate surface area is 226 Å². The van der Waals surface area contributed by atoms with Gasteiger partial charge >= 0.3 is 12.1 Å². The van der Waals surface area contributed by atoms with Gasteiger partial charge in [0.25, 0.3) is 0 Å². The van der Waals surface area contributed by atoms with E-state index in [0.717, 1.165) is 18.9 Å². The van der Waals surface area contributed by atoms with Gasteiger partial charge in [-0.15, -0.1) is 0 Å². The van der Waals surface area contributed by atoms with E-state index in [1.807, 2.05) is 0 Å². The third kappa shape index (κ3) is 4.72. The number of piperidine rings is 1. The number of ether oxygens (including phenoxy) is 2. The Bertz CT molecular complexity index is 1580. The van der Waals surface area contributed by atoms with Crippen molar-refractivity contribution in [3.05, 3.63) is 63.9 Å². The summed E-state index contributed by atoms with van der Waals surface area (Å²) in [6, 6.07) is 6.84. The molecule has 10 nitrogen and oxygen atoms in total. The molecule has 3 aliphatic rings. The second-order valence-electron chi connectivity index (χ2n) is 10.5. The highest BCUT2D eigenvalue weighted by Gasteiger charge is 2.35. The average molecular weight is 556 g/mol. The van der Waals surface area contributed by atoms with Crippen molar-refractivity contribution in [2.45, 2.75) is 37.3 Å². The van der Waals surface area contributed by atoms with Gasteiger partial charge in [0, 0.05) is 36.8 Å². The molecule has 0 bridgehead atoms. The van der Waals surface area contributed by atoms with E-state index in [4.69, 9.17) is 9.47 Å². The number of aromatic carboxylic acids is 1. The third-order valence-electron chi connectivity index (χ3n) is 7.79. The lowest BCUT2D eigenvalue weighted by Gasteiger charge is -2.39. The summed E-state index contributed by atoms with van der Waals surface area (Å²) in [6.45, 7) is 0.942. The highest BCUT2D eigenvalue weighted by Crippen LogP contribution is 2.39. The van der Waals surface area contributed by atoms with Crippen molar-refractivity contribution in [1.82, 2.24) is 4.57 Å². The van der Waals surface area contributed by atoms with Gasteiger partial charge in [-0.3, -0.25) is 9.69 Å². The Morgan fingerprint density at radius 2 is 1.82 bits per heavy atom. The lowest BCUT2D eigenvalue weighted by Crippen LogP contribution is -2.48. The molecular formula is C28H27F2N3O7. The highest BCUT2D eigenvalue weighted by molar-refractivity contribution is 5.93. The zero-order valence-corrected chi connectivity index (χ0v) is 21.4. The Morgan fingerprint density at radius 3 is 2.45 bits per heavy atom. The van der Waals surface area contributed by atoms with Gasteiger partial charge in [-0.05, 0) is 49.9 Å². The van der Waals surface area contributed by atoms with Crippen LogP contribution in [0.25, 0.3) is 10.9 Å². The van der Waals surface area contributed by atoms with Crippen LogP contribution in [0.1, 0.15) is 42.1 Å². The van der Waals surface area contributed by atoms with Gasteiger partial charge < -0.3 is 29.2 Å². The molecule has 3 aromatic rings. The lowest BCUT2D eigenvalue weighted by molar-refractivity contribution is -0.0250. The van der Waals surface area contributed by atoms with Crippen LogP contribution in [-0.4, -0.2) is 65.3 Å². The zero-order chi connectivity index (χ0) is 28.2. The third-order valence-corrected chi connectivity index (χ3v) is 7.79. The number of fused-ring (bicyclic) bond motifs is 1. The number of carboxylic acid groups (broad SMARTS) is 1. The molecule has 1 amide bonds. The standard InChI is InChI=1S/C28H27F2N3O7/c29-20-12-18-22(33(16-1-2-16)14-19(25(18)34)26(35)36)13-23(20)31-7-5-28(38,6-8-31)15-40-24-4-3-17(11-21(24)30)32-9-10-39-27(32)37/h3-4,11-14,16,38H,1-2,5-10,15H2,(H,35,36). The summed E-state index contributed by atoms with van der Waals surface area (Å²) in [5.41, 5.74) is -1.31. The maximum Gasteiger partial charge on any atom is 0.414 e. The summed E-state index contributed by atoms with van der Waals surface area (Å²) >= 11 is 0. The summed E-state index contributed by atoms with van der Waals surface area (Å²) in [5.74, 6) is -2.74. The van der Waals surface area contributed by atoms with Crippen LogP contribution < -0.4 is 20.0 Å². The van der Waals surface area contributed by atoms with Crippen LogP contribution in [0.2, 0.25) is 0 Å². The van der Waals surface area contributed by atoms with Gasteiger partial charge in [0.15, 0.2) is 11.6 Å². The first-order valence-electron chi connectivity index (χ1n) is 13.1. The van der Waals surface area contributed by atoms with E-state index in [1.165, 1.54) is 23.2 Å². The summed E-state index contributed by atoms with van der Waals surface area (Å²) < 4.78 is 42.1. The fourth-order valence-electron chi connectivity index (χ4n) is 5.33. The summed E-state index contributed by atoms with van der Waals surface area (Å²) in [4.78, 5) is 39.1. The minimum absolute atomic E-state index is 0.0182. The van der Waals surface area contributed by atoms with E-state index in [-0.39, 0.29) is 67.6 Å². The molecule has 1 aliphatic carbocycles. The van der Waals surface area contributed by atoms with Crippen LogP contribution in [-0.2, 0) is 4.74 Å². The number of carboxylic acids is 1. The Kier molecular flexibility index (Phi) is 6.37. The number of carbonyl (C=O) groups is 2. The average Bonchev–Trinajstić information content (AvgIpc) is 3.68. The van der Waals surface area contributed by atoms with Crippen molar-refractivity contribution in [2.24, 2.45) is 0 Å². The first kappa shape index (κ1) is 26.1. The topological polar surface area (TPSA) is 122 Å². The molecule has 2 saturated heterocycles. The van der Waals surface area contributed by atoms with Crippen LogP contribution in [0.15, 0.2) is 41.3 Å². The first-order chi connectivity index (χ1) is 19.1. The molecule has 12 heteroatoms. The number of hydrogen-bond acceptors (Lipinski definition) is 7. The number of rotatable bonds is 7. The number of benzene rings is 2. The molecule has 0 spiro atoms. The summed E-state index contributed by atoms with van der Waals surface area (Å²) in [7, 11) is 0. The molecule has 6 rings (SSSR count). The van der Waals surface area contributed by atoms with E-state index >= 15 is 4.39 Å². The number of carbonyl (C=O) groups excluding carboxylic acids is 1. The van der Waals surface area contributed by atoms with Crippen molar-refractivity contribution < 1.29 is 38.1 Å². The van der Waals surface area contributed by atoms with E-state index < -0.39 is 34.7 Å². The number of cyclic esters (lactones) is 1. The van der Waals surface area contributed by atoms with Gasteiger partial charge in [-0.25, -0.2) is 18.4 Å². The molecule has 0 radical (unpaired) electrons. The molecule has 2 aliphatic heterocycles. The number of aliphatic hydroxyl groups is 1. The molecule has 1 saturated carbocycles. The SMILES string of the molecule is O=C(O)c1cn(C2CC2)c2cc(N3CCC(O)(COc4ccc(N5CCOC5=O)cc4F)CC3)c(F)cc2c1=O. The van der Waals surface area contributed by atoms with Crippen LogP contribution >= 0.6 is 0 Å². The smallest absolute Gasteiger partial charge is 0.414 e. The van der Waals surface area contributed by atoms with Crippen LogP contribution in [0.3, 0.4) is 0 Å². The monoisotopic (exact) mass is 555 g/mol. The van der Waals surface area contributed by atoms with Gasteiger partial charge in [0.2, 0.25) is 5.43 Å². The van der Waals surface area contributed by atoms with Crippen molar-refractivity contribution in [1.29, 1.82) is 0 Å². The van der Waals surface area contributed by atoms with Crippen molar-refractivity contribution in [3.63, 3.8) is 0 Å². The van der Waals surface area contributed by atoms with Crippen molar-refractivity contribution >= 4 is 34.3 Å². The second kappa shape index (κ2) is 9.77. The molecule has 2 aromatic carbocycles. The number of aromatic nitrogens is 1. The molecular weight excluding hydrogens is 528 g/mol. The van der Waals surface area contributed by atoms with E-state index in [0.29, 0.717) is 17.7 Å². The van der Waals surface area contributed by atoms with E-state index in [9.17, 15) is 29.0 Å². The normalized spacial score (nSPS) is 18.7. The Hall–Kier alpha value is -4.19. The lowest BCUT2D eigenvalue weighted by atomic mass is 9.92. The zero-order valence-electron chi connectivity index (χ0n) is 21.4. The predicted molar refractivity (Wildman–Crippen MR) is 140 cm³/mol. The van der Waals surface area contributed by atoms with E-state index in [1.54, 1.807) is 21.6 Å². The molecule has 3 fully saturated rings. The second-order valence-corrected chi connectivity index (χ2v) is 10.5. The van der Waals surface area contributed by atoms with E-state index in [2.05, 4.69) is 0 Å². The van der Waals surface area contributed by atoms with Crippen LogP contribution in [0.4, 0.5) is 25.0 Å². The quantitative estimate of drug-likeness (QED) is 0.453. The number of halogens is 2. The molecule has 1 aromatic heterocycles. The predicted octanol–water partition coefficient (Wildman–Crippen LogP) is 3.68. The van der Waals surface area contributed by atoms with Gasteiger partial charge in [0.1, 0.15) is 30.2 Å². The highest BCUT2D eigenvalue weighted by atomic mass is 19.1. The molecule has 0 unspecified atom stereocenters.